The third-order valence-corrected chi connectivity index (χ3v) is 8.44. The largest absolute Gasteiger partial charge is 0.417 e. The van der Waals surface area contributed by atoms with Gasteiger partial charge in [0.2, 0.25) is 15.9 Å². The van der Waals surface area contributed by atoms with Crippen LogP contribution in [0.3, 0.4) is 0 Å². The molecule has 5 rings (SSSR count). The maximum absolute atomic E-state index is 13.4. The molecule has 3 N–H and O–H groups in total. The first-order chi connectivity index (χ1) is 19.9. The standard InChI is InChI=1S/C27H25F4N7O3S/c1-2-22(39)37-11-3-4-19(14-37)38-26-23(25(32)33-15-34-26)24(36-38)17-7-5-16(6-8-17)13-35-42(40,41)21-10-9-18(28)12-20(21)27(29,30)31/h2,5-10,12,15,19,35H,1,3-4,11,13-14H2,(H2,32,33,34)/t19-/m1/s1. The van der Waals surface area contributed by atoms with Gasteiger partial charge in [-0.2, -0.15) is 18.3 Å². The van der Waals surface area contributed by atoms with Crippen molar-refractivity contribution < 1.29 is 30.8 Å². The number of carbonyl (C=O) groups excluding carboxylic acids is 1. The topological polar surface area (TPSA) is 136 Å². The van der Waals surface area contributed by atoms with Crippen molar-refractivity contribution >= 4 is 32.8 Å². The molecule has 42 heavy (non-hydrogen) atoms. The summed E-state index contributed by atoms with van der Waals surface area (Å²) < 4.78 is 82.7. The van der Waals surface area contributed by atoms with E-state index in [2.05, 4.69) is 21.3 Å². The molecule has 0 radical (unpaired) electrons. The molecule has 0 saturated carbocycles. The Morgan fingerprint density at radius 2 is 1.90 bits per heavy atom. The summed E-state index contributed by atoms with van der Waals surface area (Å²) >= 11 is 0. The minimum absolute atomic E-state index is 0.143. The van der Waals surface area contributed by atoms with Gasteiger partial charge in [0.1, 0.15) is 23.7 Å². The number of nitrogens with one attached hydrogen (secondary N) is 1. The Morgan fingerprint density at radius 1 is 1.17 bits per heavy atom. The SMILES string of the molecule is C=CC(=O)N1CCC[C@@H](n2nc(-c3ccc(CNS(=O)(=O)c4ccc(F)cc4C(F)(F)F)cc3)c3c(N)ncnc32)C1. The first-order valence-electron chi connectivity index (χ1n) is 12.7. The summed E-state index contributed by atoms with van der Waals surface area (Å²) in [5.41, 5.74) is 6.63. The lowest BCUT2D eigenvalue weighted by Crippen LogP contribution is -2.40. The summed E-state index contributed by atoms with van der Waals surface area (Å²) in [6, 6.07) is 7.70. The molecule has 1 amide bonds. The zero-order chi connectivity index (χ0) is 30.2. The predicted molar refractivity (Wildman–Crippen MR) is 146 cm³/mol. The maximum Gasteiger partial charge on any atom is 0.417 e. The highest BCUT2D eigenvalue weighted by Crippen LogP contribution is 2.36. The van der Waals surface area contributed by atoms with Gasteiger partial charge in [0, 0.05) is 25.2 Å². The smallest absolute Gasteiger partial charge is 0.383 e. The Morgan fingerprint density at radius 3 is 2.60 bits per heavy atom. The van der Waals surface area contributed by atoms with E-state index >= 15 is 0 Å². The van der Waals surface area contributed by atoms with Crippen molar-refractivity contribution in [2.45, 2.75) is 36.5 Å². The molecule has 0 spiro atoms. The lowest BCUT2D eigenvalue weighted by Gasteiger charge is -2.32. The number of amides is 1. The van der Waals surface area contributed by atoms with E-state index in [1.54, 1.807) is 33.8 Å². The molecule has 4 aromatic rings. The molecule has 3 heterocycles. The minimum atomic E-state index is -5.07. The summed E-state index contributed by atoms with van der Waals surface area (Å²) in [4.78, 5) is 21.3. The molecule has 2 aromatic carbocycles. The Bertz CT molecular complexity index is 1770. The molecule has 2 aromatic heterocycles. The van der Waals surface area contributed by atoms with E-state index in [0.29, 0.717) is 53.1 Å². The number of carbonyl (C=O) groups is 1. The fourth-order valence-electron chi connectivity index (χ4n) is 4.93. The number of nitrogens with zero attached hydrogens (tertiary/aromatic N) is 5. The number of nitrogen functional groups attached to an aromatic ring is 1. The average Bonchev–Trinajstić information content (AvgIpc) is 3.36. The predicted octanol–water partition coefficient (Wildman–Crippen LogP) is 4.06. The van der Waals surface area contributed by atoms with E-state index in [1.165, 1.54) is 12.4 Å². The lowest BCUT2D eigenvalue weighted by molar-refractivity contribution is -0.140. The van der Waals surface area contributed by atoms with Crippen molar-refractivity contribution in [1.29, 1.82) is 0 Å². The number of hydrogen-bond donors (Lipinski definition) is 2. The summed E-state index contributed by atoms with van der Waals surface area (Å²) in [5, 5.41) is 5.29. The molecule has 1 aliphatic rings. The van der Waals surface area contributed by atoms with Gasteiger partial charge in [0.05, 0.1) is 21.9 Å². The number of likely N-dealkylation sites (tertiary alicyclic amines) is 1. The van der Waals surface area contributed by atoms with Gasteiger partial charge in [-0.05, 0) is 42.7 Å². The fourth-order valence-corrected chi connectivity index (χ4v) is 6.15. The number of piperidine rings is 1. The van der Waals surface area contributed by atoms with Crippen molar-refractivity contribution in [1.82, 2.24) is 29.4 Å². The zero-order valence-corrected chi connectivity index (χ0v) is 22.8. The third-order valence-electron chi connectivity index (χ3n) is 6.98. The van der Waals surface area contributed by atoms with Crippen LogP contribution in [-0.4, -0.2) is 52.1 Å². The van der Waals surface area contributed by atoms with E-state index in [1.807, 2.05) is 0 Å². The average molecular weight is 604 g/mol. The molecule has 0 bridgehead atoms. The Labute approximate surface area is 237 Å². The van der Waals surface area contributed by atoms with Gasteiger partial charge in [-0.25, -0.2) is 32.2 Å². The van der Waals surface area contributed by atoms with Crippen molar-refractivity contribution in [2.75, 3.05) is 18.8 Å². The van der Waals surface area contributed by atoms with E-state index in [0.717, 1.165) is 12.8 Å². The summed E-state index contributed by atoms with van der Waals surface area (Å²) in [5.74, 6) is -1.18. The van der Waals surface area contributed by atoms with Gasteiger partial charge in [-0.15, -0.1) is 0 Å². The maximum atomic E-state index is 13.4. The van der Waals surface area contributed by atoms with Crippen LogP contribution in [0.1, 0.15) is 30.0 Å². The minimum Gasteiger partial charge on any atom is -0.383 e. The van der Waals surface area contributed by atoms with Gasteiger partial charge in [0.25, 0.3) is 0 Å². The second-order valence-corrected chi connectivity index (χ2v) is 11.4. The number of aromatic nitrogens is 4. The van der Waals surface area contributed by atoms with Crippen molar-refractivity contribution in [3.63, 3.8) is 0 Å². The number of nitrogens with two attached hydrogens (primary N) is 1. The molecule has 1 fully saturated rings. The van der Waals surface area contributed by atoms with Gasteiger partial charge in [0.15, 0.2) is 5.65 Å². The van der Waals surface area contributed by atoms with Crippen molar-refractivity contribution in [2.24, 2.45) is 0 Å². The quantitative estimate of drug-likeness (QED) is 0.240. The number of halogens is 4. The Balaban J connectivity index is 1.41. The number of sulfonamides is 1. The number of hydrogen-bond acceptors (Lipinski definition) is 7. The number of fused-ring (bicyclic) bond motifs is 1. The second-order valence-electron chi connectivity index (χ2n) is 9.69. The molecule has 220 valence electrons. The van der Waals surface area contributed by atoms with E-state index in [4.69, 9.17) is 10.8 Å². The fraction of sp³-hybridized carbons (Fsp3) is 0.259. The zero-order valence-electron chi connectivity index (χ0n) is 22.0. The second kappa shape index (κ2) is 11.1. The number of benzene rings is 2. The van der Waals surface area contributed by atoms with Gasteiger partial charge >= 0.3 is 6.18 Å². The van der Waals surface area contributed by atoms with Crippen LogP contribution in [0.5, 0.6) is 0 Å². The van der Waals surface area contributed by atoms with E-state index < -0.39 is 32.5 Å². The summed E-state index contributed by atoms with van der Waals surface area (Å²) in [6.07, 6.45) is -0.956. The molecule has 10 nitrogen and oxygen atoms in total. The first kappa shape index (κ1) is 29.1. The Kier molecular flexibility index (Phi) is 7.72. The van der Waals surface area contributed by atoms with Crippen LogP contribution in [0, 0.1) is 5.82 Å². The highest BCUT2D eigenvalue weighted by Gasteiger charge is 2.37. The van der Waals surface area contributed by atoms with Crippen LogP contribution < -0.4 is 10.5 Å². The van der Waals surface area contributed by atoms with Crippen LogP contribution in [0.15, 0.2) is 66.3 Å². The van der Waals surface area contributed by atoms with Gasteiger partial charge in [-0.3, -0.25) is 4.79 Å². The molecule has 1 aliphatic heterocycles. The highest BCUT2D eigenvalue weighted by molar-refractivity contribution is 7.89. The number of alkyl halides is 3. The van der Waals surface area contributed by atoms with Crippen molar-refractivity contribution in [3.05, 3.63) is 78.4 Å². The summed E-state index contributed by atoms with van der Waals surface area (Å²) in [6.45, 7) is 4.25. The molecule has 15 heteroatoms. The van der Waals surface area contributed by atoms with E-state index in [-0.39, 0.29) is 30.4 Å². The van der Waals surface area contributed by atoms with Gasteiger partial charge in [-0.1, -0.05) is 30.8 Å². The molecule has 0 aliphatic carbocycles. The molecule has 1 saturated heterocycles. The first-order valence-corrected chi connectivity index (χ1v) is 14.2. The normalized spacial score (nSPS) is 16.1. The molecule has 0 unspecified atom stereocenters. The highest BCUT2D eigenvalue weighted by atomic mass is 32.2. The van der Waals surface area contributed by atoms with E-state index in [9.17, 15) is 30.8 Å². The number of rotatable bonds is 7. The van der Waals surface area contributed by atoms with Crippen LogP contribution in [0.4, 0.5) is 23.4 Å². The molecule has 1 atom stereocenters. The van der Waals surface area contributed by atoms with Crippen molar-refractivity contribution in [3.8, 4) is 11.3 Å². The van der Waals surface area contributed by atoms with Crippen LogP contribution >= 0.6 is 0 Å². The van der Waals surface area contributed by atoms with Crippen LogP contribution in [-0.2, 0) is 27.5 Å². The Hall–Kier alpha value is -4.37. The van der Waals surface area contributed by atoms with Crippen LogP contribution in [0.2, 0.25) is 0 Å². The monoisotopic (exact) mass is 603 g/mol. The third kappa shape index (κ3) is 5.69. The lowest BCUT2D eigenvalue weighted by atomic mass is 10.1. The van der Waals surface area contributed by atoms with Gasteiger partial charge < -0.3 is 10.6 Å². The summed E-state index contributed by atoms with van der Waals surface area (Å²) in [7, 11) is -4.63. The number of anilines is 1. The molecular weight excluding hydrogens is 578 g/mol. The molecular formula is C27H25F4N7O3S. The van der Waals surface area contributed by atoms with Crippen LogP contribution in [0.25, 0.3) is 22.3 Å².